The first-order chi connectivity index (χ1) is 12.6. The van der Waals surface area contributed by atoms with E-state index in [2.05, 4.69) is 16.0 Å². The first kappa shape index (κ1) is 17.4. The minimum absolute atomic E-state index is 0.130. The van der Waals surface area contributed by atoms with Crippen molar-refractivity contribution in [3.8, 4) is 23.1 Å². The van der Waals surface area contributed by atoms with E-state index in [0.29, 0.717) is 22.0 Å². The second kappa shape index (κ2) is 7.63. The van der Waals surface area contributed by atoms with Crippen LogP contribution in [0.1, 0.15) is 5.56 Å². The minimum Gasteiger partial charge on any atom is -0.497 e. The summed E-state index contributed by atoms with van der Waals surface area (Å²) < 4.78 is 5.22. The number of benzene rings is 1. The lowest BCUT2D eigenvalue weighted by Crippen LogP contribution is -1.95. The Kier molecular flexibility index (Phi) is 5.10. The minimum atomic E-state index is -0.507. The lowest BCUT2D eigenvalue weighted by atomic mass is 10.1. The lowest BCUT2D eigenvalue weighted by Gasteiger charge is -2.08. The van der Waals surface area contributed by atoms with Gasteiger partial charge in [0, 0.05) is 17.8 Å². The fourth-order valence-corrected chi connectivity index (χ4v) is 3.15. The third-order valence-electron chi connectivity index (χ3n) is 3.49. The molecule has 0 saturated heterocycles. The van der Waals surface area contributed by atoms with E-state index in [4.69, 9.17) is 4.74 Å². The largest absolute Gasteiger partial charge is 0.497 e. The Bertz CT molecular complexity index is 1020. The van der Waals surface area contributed by atoms with E-state index in [0.717, 1.165) is 17.3 Å². The van der Waals surface area contributed by atoms with Crippen LogP contribution in [-0.2, 0) is 0 Å². The lowest BCUT2D eigenvalue weighted by molar-refractivity contribution is -0.388. The molecule has 3 aromatic rings. The molecule has 0 amide bonds. The number of aromatic nitrogens is 2. The molecule has 0 unspecified atom stereocenters. The second-order valence-electron chi connectivity index (χ2n) is 5.08. The maximum absolute atomic E-state index is 11.2. The third-order valence-corrected chi connectivity index (χ3v) is 4.50. The maximum atomic E-state index is 11.2. The molecule has 0 N–H and O–H groups in total. The highest BCUT2D eigenvalue weighted by Gasteiger charge is 2.18. The summed E-state index contributed by atoms with van der Waals surface area (Å²) in [5.74, 6) is 0.684. The molecule has 0 aliphatic heterocycles. The normalized spacial score (nSPS) is 10.2. The Hall–Kier alpha value is -3.44. The van der Waals surface area contributed by atoms with Gasteiger partial charge in [0.05, 0.1) is 23.3 Å². The zero-order chi connectivity index (χ0) is 18.5. The van der Waals surface area contributed by atoms with E-state index in [-0.39, 0.29) is 10.7 Å². The molecule has 0 bridgehead atoms. The summed E-state index contributed by atoms with van der Waals surface area (Å²) in [5, 5.41) is 21.1. The number of methoxy groups -OCH3 is 1. The van der Waals surface area contributed by atoms with Crippen molar-refractivity contribution in [1.29, 1.82) is 5.26 Å². The van der Waals surface area contributed by atoms with Crippen molar-refractivity contribution in [2.75, 3.05) is 7.11 Å². The fourth-order valence-electron chi connectivity index (χ4n) is 2.24. The number of rotatable bonds is 5. The van der Waals surface area contributed by atoms with Crippen LogP contribution in [0.25, 0.3) is 11.3 Å². The molecule has 0 fully saturated rings. The summed E-state index contributed by atoms with van der Waals surface area (Å²) in [4.78, 5) is 19.2. The number of hydrogen-bond acceptors (Lipinski definition) is 7. The zero-order valence-electron chi connectivity index (χ0n) is 13.6. The summed E-state index contributed by atoms with van der Waals surface area (Å²) >= 11 is 0.995. The maximum Gasteiger partial charge on any atom is 0.301 e. The van der Waals surface area contributed by atoms with Gasteiger partial charge in [0.2, 0.25) is 0 Å². The second-order valence-corrected chi connectivity index (χ2v) is 6.06. The van der Waals surface area contributed by atoms with Crippen LogP contribution >= 0.6 is 11.8 Å². The number of nitro groups is 1. The Morgan fingerprint density at radius 2 is 2.04 bits per heavy atom. The zero-order valence-corrected chi connectivity index (χ0v) is 14.4. The summed E-state index contributed by atoms with van der Waals surface area (Å²) in [6, 6.07) is 15.6. The van der Waals surface area contributed by atoms with E-state index >= 15 is 0 Å². The molecule has 26 heavy (non-hydrogen) atoms. The van der Waals surface area contributed by atoms with Gasteiger partial charge < -0.3 is 4.74 Å². The van der Waals surface area contributed by atoms with Crippen molar-refractivity contribution in [2.45, 2.75) is 10.1 Å². The van der Waals surface area contributed by atoms with Gasteiger partial charge in [-0.3, -0.25) is 10.1 Å². The monoisotopic (exact) mass is 364 g/mol. The molecule has 0 spiro atoms. The highest BCUT2D eigenvalue weighted by atomic mass is 32.2. The molecule has 0 radical (unpaired) electrons. The van der Waals surface area contributed by atoms with E-state index in [1.54, 1.807) is 19.2 Å². The van der Waals surface area contributed by atoms with Gasteiger partial charge in [0.15, 0.2) is 5.03 Å². The van der Waals surface area contributed by atoms with Crippen LogP contribution in [0.2, 0.25) is 0 Å². The standard InChI is InChI=1S/C18H12N4O3S/c1-25-14-5-2-4-12(10-14)15-8-7-13(11-19)17(21-15)26-18-16(22(23)24)6-3-9-20-18/h2-10H,1H3. The van der Waals surface area contributed by atoms with Crippen LogP contribution in [-0.4, -0.2) is 22.0 Å². The molecule has 0 saturated carbocycles. The molecule has 0 atom stereocenters. The molecule has 7 nitrogen and oxygen atoms in total. The fraction of sp³-hybridized carbons (Fsp3) is 0.0556. The molecule has 0 aliphatic carbocycles. The Labute approximate surface area is 153 Å². The summed E-state index contributed by atoms with van der Waals surface area (Å²) in [6.07, 6.45) is 1.47. The molecule has 2 aromatic heterocycles. The number of nitrogens with zero attached hydrogens (tertiary/aromatic N) is 4. The van der Waals surface area contributed by atoms with Crippen molar-refractivity contribution in [2.24, 2.45) is 0 Å². The number of pyridine rings is 2. The van der Waals surface area contributed by atoms with Crippen LogP contribution in [0, 0.1) is 21.4 Å². The van der Waals surface area contributed by atoms with Crippen molar-refractivity contribution in [1.82, 2.24) is 9.97 Å². The van der Waals surface area contributed by atoms with Gasteiger partial charge in [-0.15, -0.1) is 0 Å². The topological polar surface area (TPSA) is 102 Å². The van der Waals surface area contributed by atoms with Gasteiger partial charge in [-0.25, -0.2) is 9.97 Å². The first-order valence-electron chi connectivity index (χ1n) is 7.45. The third kappa shape index (κ3) is 3.63. The average Bonchev–Trinajstić information content (AvgIpc) is 2.68. The summed E-state index contributed by atoms with van der Waals surface area (Å²) in [5.41, 5.74) is 1.63. The predicted molar refractivity (Wildman–Crippen MR) is 96.0 cm³/mol. The SMILES string of the molecule is COc1cccc(-c2ccc(C#N)c(Sc3ncccc3[N+](=O)[O-])n2)c1. The molecular weight excluding hydrogens is 352 g/mol. The first-order valence-corrected chi connectivity index (χ1v) is 8.27. The van der Waals surface area contributed by atoms with Crippen molar-refractivity contribution < 1.29 is 9.66 Å². The van der Waals surface area contributed by atoms with Crippen LogP contribution in [0.5, 0.6) is 5.75 Å². The van der Waals surface area contributed by atoms with E-state index in [1.165, 1.54) is 18.3 Å². The highest BCUT2D eigenvalue weighted by Crippen LogP contribution is 2.35. The quantitative estimate of drug-likeness (QED) is 0.496. The summed E-state index contributed by atoms with van der Waals surface area (Å²) in [7, 11) is 1.58. The van der Waals surface area contributed by atoms with Crippen molar-refractivity contribution >= 4 is 17.4 Å². The van der Waals surface area contributed by atoms with Gasteiger partial charge in [-0.1, -0.05) is 12.1 Å². The van der Waals surface area contributed by atoms with E-state index in [1.807, 2.05) is 24.3 Å². The van der Waals surface area contributed by atoms with Crippen LogP contribution in [0.3, 0.4) is 0 Å². The van der Waals surface area contributed by atoms with Crippen molar-refractivity contribution in [3.63, 3.8) is 0 Å². The molecule has 8 heteroatoms. The van der Waals surface area contributed by atoms with Crippen LogP contribution in [0.15, 0.2) is 64.8 Å². The summed E-state index contributed by atoms with van der Waals surface area (Å²) in [6.45, 7) is 0. The van der Waals surface area contributed by atoms with Gasteiger partial charge >= 0.3 is 5.69 Å². The number of nitriles is 1. The van der Waals surface area contributed by atoms with E-state index in [9.17, 15) is 15.4 Å². The molecular formula is C18H12N4O3S. The van der Waals surface area contributed by atoms with Gasteiger partial charge in [-0.2, -0.15) is 5.26 Å². The number of ether oxygens (including phenoxy) is 1. The van der Waals surface area contributed by atoms with Crippen LogP contribution < -0.4 is 4.74 Å². The predicted octanol–water partition coefficient (Wildman–Crippen LogP) is 4.08. The van der Waals surface area contributed by atoms with E-state index < -0.39 is 4.92 Å². The molecule has 1 aromatic carbocycles. The molecule has 2 heterocycles. The Morgan fingerprint density at radius 3 is 2.77 bits per heavy atom. The van der Waals surface area contributed by atoms with Crippen LogP contribution in [0.4, 0.5) is 5.69 Å². The average molecular weight is 364 g/mol. The molecule has 128 valence electrons. The smallest absolute Gasteiger partial charge is 0.301 e. The Balaban J connectivity index is 2.04. The molecule has 0 aliphatic rings. The van der Waals surface area contributed by atoms with Crippen molar-refractivity contribution in [3.05, 3.63) is 70.4 Å². The van der Waals surface area contributed by atoms with Gasteiger partial charge in [-0.05, 0) is 42.1 Å². The van der Waals surface area contributed by atoms with Gasteiger partial charge in [0.1, 0.15) is 16.8 Å². The van der Waals surface area contributed by atoms with Gasteiger partial charge in [0.25, 0.3) is 0 Å². The molecule has 3 rings (SSSR count). The highest BCUT2D eigenvalue weighted by molar-refractivity contribution is 7.99. The number of hydrogen-bond donors (Lipinski definition) is 0. The Morgan fingerprint density at radius 1 is 1.19 bits per heavy atom.